The lowest BCUT2D eigenvalue weighted by atomic mass is 9.89. The molecule has 1 nitrogen and oxygen atoms in total. The first-order valence-corrected chi connectivity index (χ1v) is 7.60. The van der Waals surface area contributed by atoms with Crippen LogP contribution < -0.4 is 0 Å². The van der Waals surface area contributed by atoms with Crippen molar-refractivity contribution < 1.29 is 4.74 Å². The van der Waals surface area contributed by atoms with Crippen molar-refractivity contribution >= 4 is 11.6 Å². The molecule has 2 atom stereocenters. The zero-order chi connectivity index (χ0) is 14.2. The van der Waals surface area contributed by atoms with E-state index in [2.05, 4.69) is 44.2 Å². The highest BCUT2D eigenvalue weighted by atomic mass is 35.5. The minimum absolute atomic E-state index is 0.0775. The van der Waals surface area contributed by atoms with Crippen molar-refractivity contribution in [3.05, 3.63) is 70.2 Å². The fourth-order valence-corrected chi connectivity index (χ4v) is 3.13. The average Bonchev–Trinajstić information content (AvgIpc) is 3.24. The maximum atomic E-state index is 6.30. The van der Waals surface area contributed by atoms with Crippen LogP contribution in [0.25, 0.3) is 0 Å². The van der Waals surface area contributed by atoms with Gasteiger partial charge in [0, 0.05) is 10.6 Å². The van der Waals surface area contributed by atoms with Crippen LogP contribution in [0.15, 0.2) is 48.5 Å². The van der Waals surface area contributed by atoms with Gasteiger partial charge in [-0.3, -0.25) is 0 Å². The largest absolute Gasteiger partial charge is 0.356 e. The highest BCUT2D eigenvalue weighted by Crippen LogP contribution is 2.60. The second-order valence-corrected chi connectivity index (χ2v) is 5.72. The lowest BCUT2D eigenvalue weighted by Crippen LogP contribution is -2.08. The van der Waals surface area contributed by atoms with Gasteiger partial charge in [-0.1, -0.05) is 67.9 Å². The van der Waals surface area contributed by atoms with Crippen LogP contribution in [0.1, 0.15) is 43.1 Å². The van der Waals surface area contributed by atoms with E-state index in [0.29, 0.717) is 0 Å². The molecule has 3 rings (SSSR count). The monoisotopic (exact) mass is 286 g/mol. The first-order valence-electron chi connectivity index (χ1n) is 7.23. The van der Waals surface area contributed by atoms with Crippen molar-refractivity contribution in [2.45, 2.75) is 38.4 Å². The Kier molecular flexibility index (Phi) is 3.57. The van der Waals surface area contributed by atoms with Crippen LogP contribution in [-0.2, 0) is 16.8 Å². The fourth-order valence-electron chi connectivity index (χ4n) is 2.89. The number of hydrogen-bond donors (Lipinski definition) is 0. The number of hydrogen-bond acceptors (Lipinski definition) is 1. The molecule has 2 heteroatoms. The molecule has 1 saturated heterocycles. The maximum Gasteiger partial charge on any atom is 0.124 e. The number of benzene rings is 2. The number of ether oxygens (including phenoxy) is 1. The van der Waals surface area contributed by atoms with E-state index in [0.717, 1.165) is 23.4 Å². The minimum Gasteiger partial charge on any atom is -0.356 e. The molecule has 1 aliphatic heterocycles. The topological polar surface area (TPSA) is 12.5 Å². The summed E-state index contributed by atoms with van der Waals surface area (Å²) in [6.45, 7) is 4.34. The Morgan fingerprint density at radius 3 is 2.35 bits per heavy atom. The first kappa shape index (κ1) is 13.7. The van der Waals surface area contributed by atoms with Crippen molar-refractivity contribution in [2.24, 2.45) is 0 Å². The van der Waals surface area contributed by atoms with Gasteiger partial charge in [0.1, 0.15) is 11.7 Å². The summed E-state index contributed by atoms with van der Waals surface area (Å²) in [5, 5.41) is 0.790. The summed E-state index contributed by atoms with van der Waals surface area (Å²) < 4.78 is 6.10. The van der Waals surface area contributed by atoms with Crippen LogP contribution in [0.3, 0.4) is 0 Å². The average molecular weight is 287 g/mol. The third kappa shape index (κ3) is 2.15. The van der Waals surface area contributed by atoms with E-state index in [-0.39, 0.29) is 11.7 Å². The van der Waals surface area contributed by atoms with E-state index < -0.39 is 0 Å². The highest BCUT2D eigenvalue weighted by molar-refractivity contribution is 6.31. The second kappa shape index (κ2) is 5.23. The van der Waals surface area contributed by atoms with E-state index in [1.54, 1.807) is 0 Å². The van der Waals surface area contributed by atoms with Gasteiger partial charge in [0.2, 0.25) is 0 Å². The standard InChI is InChI=1S/C18H19ClO/c1-3-13-9-11-14(12-10-13)18(4-2)17(20-18)15-7-5-6-8-16(15)19/h5-12,17H,3-4H2,1-2H3. The Hall–Kier alpha value is -1.31. The molecule has 0 saturated carbocycles. The van der Waals surface area contributed by atoms with Crippen LogP contribution in [-0.4, -0.2) is 0 Å². The maximum absolute atomic E-state index is 6.30. The summed E-state index contributed by atoms with van der Waals surface area (Å²) >= 11 is 6.30. The summed E-state index contributed by atoms with van der Waals surface area (Å²) in [7, 11) is 0. The van der Waals surface area contributed by atoms with Crippen molar-refractivity contribution in [3.8, 4) is 0 Å². The summed E-state index contributed by atoms with van der Waals surface area (Å²) in [6.07, 6.45) is 2.09. The molecule has 20 heavy (non-hydrogen) atoms. The molecule has 0 N–H and O–H groups in total. The van der Waals surface area contributed by atoms with E-state index in [1.165, 1.54) is 11.1 Å². The lowest BCUT2D eigenvalue weighted by molar-refractivity contribution is 0.290. The van der Waals surface area contributed by atoms with E-state index in [4.69, 9.17) is 16.3 Å². The van der Waals surface area contributed by atoms with E-state index in [9.17, 15) is 0 Å². The molecule has 0 aromatic heterocycles. The molecule has 1 fully saturated rings. The molecule has 1 heterocycles. The minimum atomic E-state index is -0.197. The molecule has 2 aromatic rings. The van der Waals surface area contributed by atoms with Gasteiger partial charge in [0.05, 0.1) is 0 Å². The summed E-state index contributed by atoms with van der Waals surface area (Å²) in [5.74, 6) is 0. The van der Waals surface area contributed by atoms with E-state index in [1.807, 2.05) is 18.2 Å². The van der Waals surface area contributed by atoms with Gasteiger partial charge in [0.15, 0.2) is 0 Å². The van der Waals surface area contributed by atoms with Crippen LogP contribution in [0, 0.1) is 0 Å². The quantitative estimate of drug-likeness (QED) is 0.697. The molecule has 104 valence electrons. The Morgan fingerprint density at radius 1 is 1.05 bits per heavy atom. The molecule has 0 radical (unpaired) electrons. The van der Waals surface area contributed by atoms with Crippen molar-refractivity contribution in [2.75, 3.05) is 0 Å². The highest BCUT2D eigenvalue weighted by Gasteiger charge is 2.57. The number of epoxide rings is 1. The molecule has 0 amide bonds. The van der Waals surface area contributed by atoms with Gasteiger partial charge in [-0.15, -0.1) is 0 Å². The summed E-state index contributed by atoms with van der Waals surface area (Å²) in [4.78, 5) is 0. The van der Waals surface area contributed by atoms with Crippen molar-refractivity contribution in [3.63, 3.8) is 0 Å². The Morgan fingerprint density at radius 2 is 1.75 bits per heavy atom. The Balaban J connectivity index is 1.93. The third-order valence-corrected chi connectivity index (χ3v) is 4.60. The summed E-state index contributed by atoms with van der Waals surface area (Å²) in [5.41, 5.74) is 3.50. The van der Waals surface area contributed by atoms with Gasteiger partial charge in [0.25, 0.3) is 0 Å². The predicted octanol–water partition coefficient (Wildman–Crippen LogP) is 5.28. The molecule has 0 bridgehead atoms. The zero-order valence-corrected chi connectivity index (χ0v) is 12.7. The molecule has 2 unspecified atom stereocenters. The molecular formula is C18H19ClO. The van der Waals surface area contributed by atoms with Crippen LogP contribution in [0.2, 0.25) is 5.02 Å². The van der Waals surface area contributed by atoms with Gasteiger partial charge < -0.3 is 4.74 Å². The SMILES string of the molecule is CCc1ccc(C2(CC)OC2c2ccccc2Cl)cc1. The Bertz CT molecular complexity index is 605. The number of aryl methyl sites for hydroxylation is 1. The van der Waals surface area contributed by atoms with Gasteiger partial charge in [-0.25, -0.2) is 0 Å². The van der Waals surface area contributed by atoms with Gasteiger partial charge in [-0.2, -0.15) is 0 Å². The molecular weight excluding hydrogens is 268 g/mol. The van der Waals surface area contributed by atoms with E-state index >= 15 is 0 Å². The lowest BCUT2D eigenvalue weighted by Gasteiger charge is -2.12. The van der Waals surface area contributed by atoms with Crippen LogP contribution >= 0.6 is 11.6 Å². The zero-order valence-electron chi connectivity index (χ0n) is 11.9. The third-order valence-electron chi connectivity index (χ3n) is 4.26. The summed E-state index contributed by atoms with van der Waals surface area (Å²) in [6, 6.07) is 16.7. The predicted molar refractivity (Wildman–Crippen MR) is 83.1 cm³/mol. The Labute approximate surface area is 125 Å². The second-order valence-electron chi connectivity index (χ2n) is 5.31. The normalized spacial score (nSPS) is 24.6. The van der Waals surface area contributed by atoms with Gasteiger partial charge in [-0.05, 0) is 30.0 Å². The molecule has 0 spiro atoms. The first-order chi connectivity index (χ1) is 9.71. The fraction of sp³-hybridized carbons (Fsp3) is 0.333. The smallest absolute Gasteiger partial charge is 0.124 e. The number of halogens is 1. The van der Waals surface area contributed by atoms with Crippen molar-refractivity contribution in [1.29, 1.82) is 0 Å². The molecule has 0 aliphatic carbocycles. The van der Waals surface area contributed by atoms with Crippen molar-refractivity contribution in [1.82, 2.24) is 0 Å². The molecule has 1 aliphatic rings. The number of rotatable bonds is 4. The van der Waals surface area contributed by atoms with Crippen LogP contribution in [0.5, 0.6) is 0 Å². The van der Waals surface area contributed by atoms with Gasteiger partial charge >= 0.3 is 0 Å². The van der Waals surface area contributed by atoms with Crippen LogP contribution in [0.4, 0.5) is 0 Å². The molecule has 2 aromatic carbocycles.